The average molecular weight is 276 g/mol. The van der Waals surface area contributed by atoms with Gasteiger partial charge in [0.25, 0.3) is 11.8 Å². The number of aromatic nitrogens is 2. The number of carbonyl (C=O) groups excluding carboxylic acids is 2. The molecule has 1 aliphatic rings. The molecule has 1 aliphatic heterocycles. The van der Waals surface area contributed by atoms with Gasteiger partial charge in [0.2, 0.25) is 0 Å². The minimum Gasteiger partial charge on any atom is -0.272 e. The first kappa shape index (κ1) is 11.9. The molecule has 3 rings (SSSR count). The van der Waals surface area contributed by atoms with E-state index in [0.29, 0.717) is 22.7 Å². The molecular formula is C13H10ClN3O2. The number of amides is 2. The van der Waals surface area contributed by atoms with E-state index in [4.69, 9.17) is 11.6 Å². The van der Waals surface area contributed by atoms with Crippen molar-refractivity contribution in [2.45, 2.75) is 6.54 Å². The van der Waals surface area contributed by atoms with Gasteiger partial charge in [0, 0.05) is 12.7 Å². The molecule has 2 amide bonds. The van der Waals surface area contributed by atoms with Crippen LogP contribution in [0.2, 0.25) is 5.02 Å². The molecular weight excluding hydrogens is 266 g/mol. The van der Waals surface area contributed by atoms with Crippen LogP contribution < -0.4 is 0 Å². The van der Waals surface area contributed by atoms with Gasteiger partial charge in [-0.1, -0.05) is 23.7 Å². The molecule has 0 N–H and O–H groups in total. The second-order valence-electron chi connectivity index (χ2n) is 4.23. The monoisotopic (exact) mass is 275 g/mol. The quantitative estimate of drug-likeness (QED) is 0.803. The molecule has 0 fully saturated rings. The number of fused-ring (bicyclic) bond motifs is 1. The standard InChI is InChI=1S/C13H10ClN3O2/c14-9-7-15-16(8-9)5-6-17-12(18)10-3-1-2-4-11(10)13(17)19/h1-4,7-8H,5-6H2. The van der Waals surface area contributed by atoms with Crippen LogP contribution in [0.15, 0.2) is 36.7 Å². The third-order valence-electron chi connectivity index (χ3n) is 3.03. The Hall–Kier alpha value is -2.14. The molecule has 0 unspecified atom stereocenters. The van der Waals surface area contributed by atoms with Crippen LogP contribution in [-0.2, 0) is 6.54 Å². The molecule has 0 aliphatic carbocycles. The Bertz CT molecular complexity index is 630. The van der Waals surface area contributed by atoms with E-state index in [1.165, 1.54) is 11.1 Å². The fourth-order valence-electron chi connectivity index (χ4n) is 2.11. The van der Waals surface area contributed by atoms with Gasteiger partial charge in [-0.3, -0.25) is 19.2 Å². The van der Waals surface area contributed by atoms with Crippen molar-refractivity contribution in [3.05, 3.63) is 52.8 Å². The summed E-state index contributed by atoms with van der Waals surface area (Å²) in [5.41, 5.74) is 0.928. The van der Waals surface area contributed by atoms with Crippen molar-refractivity contribution in [3.8, 4) is 0 Å². The van der Waals surface area contributed by atoms with Crippen molar-refractivity contribution in [1.82, 2.24) is 14.7 Å². The van der Waals surface area contributed by atoms with E-state index in [0.717, 1.165) is 0 Å². The average Bonchev–Trinajstić information content (AvgIpc) is 2.93. The van der Waals surface area contributed by atoms with Crippen LogP contribution in [0.5, 0.6) is 0 Å². The van der Waals surface area contributed by atoms with Crippen LogP contribution >= 0.6 is 11.6 Å². The highest BCUT2D eigenvalue weighted by Crippen LogP contribution is 2.22. The lowest BCUT2D eigenvalue weighted by molar-refractivity contribution is 0.0647. The fourth-order valence-corrected chi connectivity index (χ4v) is 2.26. The summed E-state index contributed by atoms with van der Waals surface area (Å²) < 4.78 is 1.60. The highest BCUT2D eigenvalue weighted by molar-refractivity contribution is 6.30. The molecule has 5 nitrogen and oxygen atoms in total. The molecule has 2 aromatic rings. The van der Waals surface area contributed by atoms with Crippen LogP contribution in [0, 0.1) is 0 Å². The zero-order valence-corrected chi connectivity index (χ0v) is 10.7. The van der Waals surface area contributed by atoms with Crippen LogP contribution in [0.1, 0.15) is 20.7 Å². The summed E-state index contributed by atoms with van der Waals surface area (Å²) in [6, 6.07) is 6.84. The fraction of sp³-hybridized carbons (Fsp3) is 0.154. The highest BCUT2D eigenvalue weighted by Gasteiger charge is 2.34. The van der Waals surface area contributed by atoms with Gasteiger partial charge in [-0.15, -0.1) is 0 Å². The Labute approximate surface area is 114 Å². The zero-order valence-electron chi connectivity index (χ0n) is 9.91. The van der Waals surface area contributed by atoms with E-state index in [1.807, 2.05) is 0 Å². The molecule has 0 bridgehead atoms. The Kier molecular flexibility index (Phi) is 2.83. The minimum atomic E-state index is -0.251. The second-order valence-corrected chi connectivity index (χ2v) is 4.67. The van der Waals surface area contributed by atoms with Gasteiger partial charge in [-0.05, 0) is 12.1 Å². The molecule has 19 heavy (non-hydrogen) atoms. The molecule has 0 saturated carbocycles. The topological polar surface area (TPSA) is 55.2 Å². The summed E-state index contributed by atoms with van der Waals surface area (Å²) in [6.07, 6.45) is 3.17. The predicted octanol–water partition coefficient (Wildman–Crippen LogP) is 1.83. The number of halogens is 1. The van der Waals surface area contributed by atoms with Crippen molar-refractivity contribution in [3.63, 3.8) is 0 Å². The SMILES string of the molecule is O=C1c2ccccc2C(=O)N1CCn1cc(Cl)cn1. The third kappa shape index (κ3) is 2.02. The summed E-state index contributed by atoms with van der Waals surface area (Å²) in [4.78, 5) is 25.4. The first-order valence-corrected chi connectivity index (χ1v) is 6.18. The molecule has 0 saturated heterocycles. The summed E-state index contributed by atoms with van der Waals surface area (Å²) in [6.45, 7) is 0.711. The van der Waals surface area contributed by atoms with Crippen molar-refractivity contribution in [2.75, 3.05) is 6.54 Å². The van der Waals surface area contributed by atoms with Crippen LogP contribution in [0.25, 0.3) is 0 Å². The van der Waals surface area contributed by atoms with E-state index < -0.39 is 0 Å². The Morgan fingerprint density at radius 2 is 1.68 bits per heavy atom. The lowest BCUT2D eigenvalue weighted by Gasteiger charge is -2.13. The molecule has 1 aromatic carbocycles. The number of hydrogen-bond acceptors (Lipinski definition) is 3. The van der Waals surface area contributed by atoms with Crippen LogP contribution in [0.4, 0.5) is 0 Å². The molecule has 0 radical (unpaired) electrons. The molecule has 2 heterocycles. The van der Waals surface area contributed by atoms with Gasteiger partial charge in [-0.25, -0.2) is 0 Å². The summed E-state index contributed by atoms with van der Waals surface area (Å²) in [7, 11) is 0. The Morgan fingerprint density at radius 1 is 1.05 bits per heavy atom. The summed E-state index contributed by atoms with van der Waals surface area (Å²) in [5.74, 6) is -0.502. The first-order valence-electron chi connectivity index (χ1n) is 5.80. The van der Waals surface area contributed by atoms with E-state index >= 15 is 0 Å². The zero-order chi connectivity index (χ0) is 13.4. The van der Waals surface area contributed by atoms with Gasteiger partial charge in [0.1, 0.15) is 0 Å². The van der Waals surface area contributed by atoms with Crippen molar-refractivity contribution in [1.29, 1.82) is 0 Å². The normalized spacial score (nSPS) is 14.1. The summed E-state index contributed by atoms with van der Waals surface area (Å²) >= 11 is 5.76. The summed E-state index contributed by atoms with van der Waals surface area (Å²) in [5, 5.41) is 4.54. The number of imide groups is 1. The minimum absolute atomic E-state index is 0.251. The van der Waals surface area contributed by atoms with E-state index in [1.54, 1.807) is 35.1 Å². The van der Waals surface area contributed by atoms with Gasteiger partial charge >= 0.3 is 0 Å². The van der Waals surface area contributed by atoms with Crippen molar-refractivity contribution in [2.24, 2.45) is 0 Å². The smallest absolute Gasteiger partial charge is 0.261 e. The number of carbonyl (C=O) groups is 2. The van der Waals surface area contributed by atoms with E-state index in [-0.39, 0.29) is 18.4 Å². The van der Waals surface area contributed by atoms with E-state index in [9.17, 15) is 9.59 Å². The molecule has 1 aromatic heterocycles. The Morgan fingerprint density at radius 3 is 2.21 bits per heavy atom. The highest BCUT2D eigenvalue weighted by atomic mass is 35.5. The van der Waals surface area contributed by atoms with Crippen LogP contribution in [0.3, 0.4) is 0 Å². The predicted molar refractivity (Wildman–Crippen MR) is 69.0 cm³/mol. The van der Waals surface area contributed by atoms with Gasteiger partial charge in [0.15, 0.2) is 0 Å². The van der Waals surface area contributed by atoms with E-state index in [2.05, 4.69) is 5.10 Å². The Balaban J connectivity index is 1.77. The number of benzene rings is 1. The largest absolute Gasteiger partial charge is 0.272 e. The number of nitrogens with zero attached hydrogens (tertiary/aromatic N) is 3. The lowest BCUT2D eigenvalue weighted by Crippen LogP contribution is -2.33. The van der Waals surface area contributed by atoms with Crippen LogP contribution in [-0.4, -0.2) is 33.0 Å². The number of hydrogen-bond donors (Lipinski definition) is 0. The van der Waals surface area contributed by atoms with Gasteiger partial charge < -0.3 is 0 Å². The second kappa shape index (κ2) is 4.51. The molecule has 0 atom stereocenters. The maximum atomic E-state index is 12.1. The lowest BCUT2D eigenvalue weighted by atomic mass is 10.1. The van der Waals surface area contributed by atoms with Crippen molar-refractivity contribution >= 4 is 23.4 Å². The number of rotatable bonds is 3. The molecule has 6 heteroatoms. The van der Waals surface area contributed by atoms with Gasteiger partial charge in [0.05, 0.1) is 28.9 Å². The molecule has 96 valence electrons. The first-order chi connectivity index (χ1) is 9.16. The third-order valence-corrected chi connectivity index (χ3v) is 3.23. The van der Waals surface area contributed by atoms with Crippen molar-refractivity contribution < 1.29 is 9.59 Å². The molecule has 0 spiro atoms. The van der Waals surface area contributed by atoms with Gasteiger partial charge in [-0.2, -0.15) is 5.10 Å². The maximum absolute atomic E-state index is 12.1. The maximum Gasteiger partial charge on any atom is 0.261 e.